The molecule has 0 saturated heterocycles. The molecule has 0 spiro atoms. The molecule has 42 heavy (non-hydrogen) atoms. The van der Waals surface area contributed by atoms with Gasteiger partial charge in [0.15, 0.2) is 0 Å². The number of hydrogen-bond donors (Lipinski definition) is 2. The summed E-state index contributed by atoms with van der Waals surface area (Å²) < 4.78 is 0. The number of rotatable bonds is 8. The van der Waals surface area contributed by atoms with Gasteiger partial charge in [0.25, 0.3) is 0 Å². The van der Waals surface area contributed by atoms with E-state index in [1.165, 1.54) is 0 Å². The molecule has 0 aliphatic carbocycles. The molecule has 0 bridgehead atoms. The molecule has 0 aliphatic rings. The van der Waals surface area contributed by atoms with Crippen LogP contribution in [0.2, 0.25) is 0 Å². The second-order valence-electron chi connectivity index (χ2n) is 9.43. The van der Waals surface area contributed by atoms with E-state index in [0.29, 0.717) is 22.7 Å². The summed E-state index contributed by atoms with van der Waals surface area (Å²) in [6.07, 6.45) is 0. The minimum atomic E-state index is 0.595. The van der Waals surface area contributed by atoms with Crippen LogP contribution in [0, 0.1) is 0 Å². The Morgan fingerprint density at radius 1 is 0.310 bits per heavy atom. The van der Waals surface area contributed by atoms with Crippen LogP contribution in [0.4, 0.5) is 45.5 Å². The Kier molecular flexibility index (Phi) is 7.67. The number of nitrogens with one attached hydrogen (secondary N) is 2. The first-order valence-corrected chi connectivity index (χ1v) is 13.6. The van der Waals surface area contributed by atoms with Crippen LogP contribution in [0.5, 0.6) is 0 Å². The van der Waals surface area contributed by atoms with Gasteiger partial charge in [0.05, 0.1) is 11.4 Å². The monoisotopic (exact) mass is 548 g/mol. The van der Waals surface area contributed by atoms with Gasteiger partial charge in [0, 0.05) is 47.0 Å². The fourth-order valence-corrected chi connectivity index (χ4v) is 4.77. The minimum absolute atomic E-state index is 0.595. The average molecular weight is 549 g/mol. The van der Waals surface area contributed by atoms with E-state index in [0.717, 1.165) is 44.3 Å². The molecule has 8 heteroatoms. The van der Waals surface area contributed by atoms with Crippen molar-refractivity contribution in [2.75, 3.05) is 24.7 Å². The lowest BCUT2D eigenvalue weighted by molar-refractivity contribution is 1.17. The zero-order valence-corrected chi connectivity index (χ0v) is 23.2. The summed E-state index contributed by atoms with van der Waals surface area (Å²) in [5.41, 5.74) is 6.04. The summed E-state index contributed by atoms with van der Waals surface area (Å²) in [5.74, 6) is 0. The van der Waals surface area contributed by atoms with E-state index in [2.05, 4.69) is 53.5 Å². The van der Waals surface area contributed by atoms with Gasteiger partial charge in [-0.25, -0.2) is 0 Å². The third-order valence-corrected chi connectivity index (χ3v) is 6.90. The van der Waals surface area contributed by atoms with Gasteiger partial charge in [-0.3, -0.25) is 0 Å². The van der Waals surface area contributed by atoms with Crippen LogP contribution in [0.25, 0.3) is 21.5 Å². The van der Waals surface area contributed by atoms with Gasteiger partial charge >= 0.3 is 0 Å². The van der Waals surface area contributed by atoms with Crippen LogP contribution in [-0.2, 0) is 0 Å². The predicted octanol–water partition coefficient (Wildman–Crippen LogP) is 11.3. The summed E-state index contributed by atoms with van der Waals surface area (Å²) in [6.45, 7) is 0. The molecule has 6 aromatic carbocycles. The van der Waals surface area contributed by atoms with Gasteiger partial charge in [-0.1, -0.05) is 72.8 Å². The highest BCUT2D eigenvalue weighted by molar-refractivity contribution is 6.01. The molecule has 0 aliphatic heterocycles. The van der Waals surface area contributed by atoms with E-state index in [-0.39, 0.29) is 0 Å². The zero-order valence-electron chi connectivity index (χ0n) is 23.2. The highest BCUT2D eigenvalue weighted by Gasteiger charge is 2.07. The molecular formula is C34H28N8. The first-order chi connectivity index (χ1) is 20.7. The number of fused-ring (bicyclic) bond motifs is 2. The predicted molar refractivity (Wildman–Crippen MR) is 172 cm³/mol. The van der Waals surface area contributed by atoms with Crippen LogP contribution >= 0.6 is 0 Å². The summed E-state index contributed by atoms with van der Waals surface area (Å²) in [4.78, 5) is 0. The minimum Gasteiger partial charge on any atom is -0.388 e. The second kappa shape index (κ2) is 12.2. The summed E-state index contributed by atoms with van der Waals surface area (Å²) >= 11 is 0. The Bertz CT molecular complexity index is 1830. The van der Waals surface area contributed by atoms with E-state index in [1.807, 2.05) is 123 Å². The fourth-order valence-electron chi connectivity index (χ4n) is 4.77. The van der Waals surface area contributed by atoms with Gasteiger partial charge in [-0.2, -0.15) is 0 Å². The van der Waals surface area contributed by atoms with Crippen molar-refractivity contribution in [2.45, 2.75) is 0 Å². The SMILES string of the molecule is CNc1ccc(/N=N/c2ccccc2/N=N/c2ccccc2/N=N/c2ccc(NC)c3ccccc23)c2ccccc12. The molecule has 0 unspecified atom stereocenters. The quantitative estimate of drug-likeness (QED) is 0.185. The van der Waals surface area contributed by atoms with Crippen molar-refractivity contribution < 1.29 is 0 Å². The molecule has 0 atom stereocenters. The molecule has 0 amide bonds. The fraction of sp³-hybridized carbons (Fsp3) is 0.0588. The lowest BCUT2D eigenvalue weighted by Gasteiger charge is -2.07. The zero-order chi connectivity index (χ0) is 28.7. The van der Waals surface area contributed by atoms with Crippen molar-refractivity contribution in [3.63, 3.8) is 0 Å². The largest absolute Gasteiger partial charge is 0.388 e. The van der Waals surface area contributed by atoms with Crippen LogP contribution in [-0.4, -0.2) is 14.1 Å². The first-order valence-electron chi connectivity index (χ1n) is 13.6. The molecule has 0 saturated carbocycles. The Morgan fingerprint density at radius 3 is 0.929 bits per heavy atom. The van der Waals surface area contributed by atoms with Gasteiger partial charge in [-0.05, 0) is 48.5 Å². The number of hydrogen-bond acceptors (Lipinski definition) is 8. The molecule has 2 N–H and O–H groups in total. The molecule has 0 heterocycles. The summed E-state index contributed by atoms with van der Waals surface area (Å²) in [5, 5.41) is 37.9. The molecule has 204 valence electrons. The molecule has 0 aromatic heterocycles. The average Bonchev–Trinajstić information content (AvgIpc) is 3.05. The number of nitrogens with zero attached hydrogens (tertiary/aromatic N) is 6. The van der Waals surface area contributed by atoms with Crippen molar-refractivity contribution >= 4 is 67.0 Å². The van der Waals surface area contributed by atoms with E-state index in [9.17, 15) is 0 Å². The third-order valence-electron chi connectivity index (χ3n) is 6.90. The van der Waals surface area contributed by atoms with Crippen molar-refractivity contribution in [2.24, 2.45) is 30.7 Å². The van der Waals surface area contributed by atoms with Gasteiger partial charge in [0.1, 0.15) is 22.7 Å². The summed E-state index contributed by atoms with van der Waals surface area (Å²) in [6, 6.07) is 39.2. The van der Waals surface area contributed by atoms with Crippen LogP contribution < -0.4 is 10.6 Å². The number of azo groups is 3. The van der Waals surface area contributed by atoms with Gasteiger partial charge < -0.3 is 10.6 Å². The molecule has 6 rings (SSSR count). The summed E-state index contributed by atoms with van der Waals surface area (Å²) in [7, 11) is 3.82. The third kappa shape index (κ3) is 5.46. The molecule has 8 nitrogen and oxygen atoms in total. The van der Waals surface area contributed by atoms with Crippen molar-refractivity contribution in [1.29, 1.82) is 0 Å². The second-order valence-corrected chi connectivity index (χ2v) is 9.43. The highest BCUT2D eigenvalue weighted by atomic mass is 15.2. The van der Waals surface area contributed by atoms with Crippen molar-refractivity contribution in [3.05, 3.63) is 121 Å². The lowest BCUT2D eigenvalue weighted by Crippen LogP contribution is -1.88. The van der Waals surface area contributed by atoms with Gasteiger partial charge in [-0.15, -0.1) is 30.7 Å². The van der Waals surface area contributed by atoms with Crippen LogP contribution in [0.1, 0.15) is 0 Å². The Balaban J connectivity index is 1.29. The number of benzene rings is 6. The highest BCUT2D eigenvalue weighted by Crippen LogP contribution is 2.37. The Hall–Kier alpha value is -5.76. The standard InChI is InChI=1S/C34H28N8/c1-35-27-19-21-29(25-13-5-3-11-23(25)27)37-39-31-15-7-9-17-33(31)41-42-34-18-10-8-16-32(34)40-38-30-22-20-28(36-2)24-12-4-6-14-26(24)30/h3-22,35-36H,1-2H3/b39-37+,40-38+,42-41+. The van der Waals surface area contributed by atoms with Crippen molar-refractivity contribution in [3.8, 4) is 0 Å². The Morgan fingerprint density at radius 2 is 0.595 bits per heavy atom. The van der Waals surface area contributed by atoms with Crippen molar-refractivity contribution in [1.82, 2.24) is 0 Å². The lowest BCUT2D eigenvalue weighted by atomic mass is 10.1. The van der Waals surface area contributed by atoms with E-state index in [4.69, 9.17) is 0 Å². The molecule has 0 fully saturated rings. The van der Waals surface area contributed by atoms with E-state index < -0.39 is 0 Å². The number of anilines is 2. The molecule has 6 aromatic rings. The first kappa shape index (κ1) is 26.5. The molecular weight excluding hydrogens is 520 g/mol. The molecule has 0 radical (unpaired) electrons. The topological polar surface area (TPSA) is 98.2 Å². The van der Waals surface area contributed by atoms with E-state index in [1.54, 1.807) is 0 Å². The van der Waals surface area contributed by atoms with Gasteiger partial charge in [0.2, 0.25) is 0 Å². The maximum absolute atomic E-state index is 4.57. The smallest absolute Gasteiger partial charge is 0.113 e. The maximum Gasteiger partial charge on any atom is 0.113 e. The van der Waals surface area contributed by atoms with Crippen LogP contribution in [0.3, 0.4) is 0 Å². The maximum atomic E-state index is 4.57. The van der Waals surface area contributed by atoms with Crippen LogP contribution in [0.15, 0.2) is 152 Å². The normalized spacial score (nSPS) is 11.8. The van der Waals surface area contributed by atoms with E-state index >= 15 is 0 Å². The Labute approximate surface area is 243 Å².